The minimum Gasteiger partial charge on any atom is -0.482 e. The molecule has 0 saturated carbocycles. The van der Waals surface area contributed by atoms with Gasteiger partial charge in [0.25, 0.3) is 5.91 Å². The number of amides is 1. The van der Waals surface area contributed by atoms with Crippen LogP contribution in [0.2, 0.25) is 10.0 Å². The number of methoxy groups -OCH3 is 1. The zero-order chi connectivity index (χ0) is 26.0. The van der Waals surface area contributed by atoms with Crippen molar-refractivity contribution >= 4 is 34.8 Å². The number of carbonyl (C=O) groups excluding carboxylic acids is 1. The van der Waals surface area contributed by atoms with Crippen molar-refractivity contribution in [3.8, 4) is 17.1 Å². The van der Waals surface area contributed by atoms with Crippen molar-refractivity contribution < 1.29 is 13.9 Å². The summed E-state index contributed by atoms with van der Waals surface area (Å²) in [6.45, 7) is 3.11. The van der Waals surface area contributed by atoms with E-state index < -0.39 is 0 Å². The molecule has 6 nitrogen and oxygen atoms in total. The molecule has 0 atom stereocenters. The summed E-state index contributed by atoms with van der Waals surface area (Å²) in [6, 6.07) is 15.5. The van der Waals surface area contributed by atoms with Crippen LogP contribution in [0.4, 0.5) is 4.39 Å². The van der Waals surface area contributed by atoms with Crippen LogP contribution < -0.4 is 4.74 Å². The van der Waals surface area contributed by atoms with Crippen molar-refractivity contribution in [1.82, 2.24) is 19.2 Å². The third-order valence-corrected chi connectivity index (χ3v) is 6.65. The Morgan fingerprint density at radius 1 is 1.06 bits per heavy atom. The number of fused-ring (bicyclic) bond motifs is 1. The topological polar surface area (TPSA) is 50.1 Å². The van der Waals surface area contributed by atoms with E-state index in [9.17, 15) is 9.18 Å². The van der Waals surface area contributed by atoms with Crippen LogP contribution in [0, 0.1) is 12.7 Å². The number of hydrogen-bond donors (Lipinski definition) is 0. The van der Waals surface area contributed by atoms with Crippen LogP contribution in [0.1, 0.15) is 21.6 Å². The van der Waals surface area contributed by atoms with Gasteiger partial charge in [-0.05, 0) is 74.6 Å². The monoisotopic (exact) mass is 528 g/mol. The van der Waals surface area contributed by atoms with Crippen molar-refractivity contribution in [2.75, 3.05) is 34.3 Å². The number of halogens is 3. The molecule has 1 amide bonds. The Morgan fingerprint density at radius 3 is 2.50 bits per heavy atom. The van der Waals surface area contributed by atoms with E-state index in [4.69, 9.17) is 32.9 Å². The zero-order valence-corrected chi connectivity index (χ0v) is 22.1. The summed E-state index contributed by atoms with van der Waals surface area (Å²) in [5.41, 5.74) is 3.32. The van der Waals surface area contributed by atoms with Crippen molar-refractivity contribution in [2.45, 2.75) is 13.5 Å². The molecule has 0 aliphatic rings. The molecule has 9 heteroatoms. The fourth-order valence-electron chi connectivity index (χ4n) is 4.01. The van der Waals surface area contributed by atoms with Crippen molar-refractivity contribution in [1.29, 1.82) is 0 Å². The van der Waals surface area contributed by atoms with E-state index in [-0.39, 0.29) is 17.4 Å². The molecule has 0 saturated heterocycles. The normalized spacial score (nSPS) is 11.3. The van der Waals surface area contributed by atoms with Crippen LogP contribution in [0.25, 0.3) is 16.9 Å². The zero-order valence-electron chi connectivity index (χ0n) is 20.6. The molecule has 0 fully saturated rings. The summed E-state index contributed by atoms with van der Waals surface area (Å²) >= 11 is 12.3. The average Bonchev–Trinajstić information content (AvgIpc) is 3.25. The van der Waals surface area contributed by atoms with Gasteiger partial charge in [0.1, 0.15) is 11.5 Å². The minimum atomic E-state index is -0.320. The molecule has 188 valence electrons. The van der Waals surface area contributed by atoms with Crippen LogP contribution in [0.3, 0.4) is 0 Å². The van der Waals surface area contributed by atoms with Gasteiger partial charge in [-0.25, -0.2) is 9.37 Å². The molecule has 4 rings (SSSR count). The molecule has 0 bridgehead atoms. The maximum absolute atomic E-state index is 14.1. The van der Waals surface area contributed by atoms with Gasteiger partial charge in [0.2, 0.25) is 0 Å². The fourth-order valence-corrected chi connectivity index (χ4v) is 4.33. The lowest BCUT2D eigenvalue weighted by Crippen LogP contribution is -2.36. The third-order valence-electron chi connectivity index (χ3n) is 5.91. The second-order valence-electron chi connectivity index (χ2n) is 8.81. The number of aryl methyl sites for hydroxylation is 1. The lowest BCUT2D eigenvalue weighted by atomic mass is 10.1. The number of likely N-dealkylation sites (N-methyl/N-ethyl adjacent to an activating group) is 1. The highest BCUT2D eigenvalue weighted by molar-refractivity contribution is 6.42. The van der Waals surface area contributed by atoms with Gasteiger partial charge in [0, 0.05) is 25.2 Å². The number of carbonyl (C=O) groups is 1. The Morgan fingerprint density at radius 2 is 1.83 bits per heavy atom. The predicted molar refractivity (Wildman–Crippen MR) is 142 cm³/mol. The van der Waals surface area contributed by atoms with Crippen LogP contribution in [-0.2, 0) is 6.54 Å². The second kappa shape index (κ2) is 10.9. The quantitative estimate of drug-likeness (QED) is 0.282. The molecule has 2 heterocycles. The van der Waals surface area contributed by atoms with E-state index in [1.807, 2.05) is 37.2 Å². The smallest absolute Gasteiger partial charge is 0.275 e. The van der Waals surface area contributed by atoms with Gasteiger partial charge in [-0.15, -0.1) is 0 Å². The van der Waals surface area contributed by atoms with Crippen LogP contribution in [-0.4, -0.2) is 59.4 Å². The van der Waals surface area contributed by atoms with Crippen molar-refractivity contribution in [2.24, 2.45) is 0 Å². The van der Waals surface area contributed by atoms with Crippen LogP contribution >= 0.6 is 23.2 Å². The van der Waals surface area contributed by atoms with E-state index in [1.165, 1.54) is 6.07 Å². The molecular formula is C27H27Cl2FN4O2. The van der Waals surface area contributed by atoms with Gasteiger partial charge < -0.3 is 14.5 Å². The Kier molecular flexibility index (Phi) is 7.83. The van der Waals surface area contributed by atoms with Gasteiger partial charge in [0.15, 0.2) is 11.6 Å². The van der Waals surface area contributed by atoms with Crippen molar-refractivity contribution in [3.05, 3.63) is 87.3 Å². The summed E-state index contributed by atoms with van der Waals surface area (Å²) in [7, 11) is 5.46. The molecule has 0 spiro atoms. The van der Waals surface area contributed by atoms with Gasteiger partial charge in [-0.3, -0.25) is 9.20 Å². The maximum atomic E-state index is 14.1. The van der Waals surface area contributed by atoms with Gasteiger partial charge in [-0.1, -0.05) is 35.3 Å². The summed E-state index contributed by atoms with van der Waals surface area (Å²) < 4.78 is 21.5. The minimum absolute atomic E-state index is 0.254. The number of hydrogen-bond acceptors (Lipinski definition) is 4. The van der Waals surface area contributed by atoms with E-state index in [0.717, 1.165) is 5.56 Å². The van der Waals surface area contributed by atoms with Crippen LogP contribution in [0.15, 0.2) is 54.6 Å². The molecule has 0 radical (unpaired) electrons. The van der Waals surface area contributed by atoms with Gasteiger partial charge >= 0.3 is 0 Å². The number of pyridine rings is 1. The van der Waals surface area contributed by atoms with Gasteiger partial charge in [-0.2, -0.15) is 0 Å². The summed E-state index contributed by atoms with van der Waals surface area (Å²) in [6.07, 6.45) is 0. The molecule has 0 aliphatic carbocycles. The summed E-state index contributed by atoms with van der Waals surface area (Å²) in [4.78, 5) is 22.5. The molecule has 4 aromatic rings. The van der Waals surface area contributed by atoms with E-state index in [0.29, 0.717) is 58.0 Å². The number of nitrogens with zero attached hydrogens (tertiary/aromatic N) is 4. The maximum Gasteiger partial charge on any atom is 0.275 e. The highest BCUT2D eigenvalue weighted by Crippen LogP contribution is 2.32. The Balaban J connectivity index is 1.86. The SMILES string of the molecule is COc1cccc2nc(C(=O)N(CCN(C)C)Cc3ccc(Cl)c(Cl)c3)c(-c3ccc(F)c(C)c3)n12. The first-order valence-electron chi connectivity index (χ1n) is 11.4. The highest BCUT2D eigenvalue weighted by Gasteiger charge is 2.27. The predicted octanol–water partition coefficient (Wildman–Crippen LogP) is 5.97. The number of imidazole rings is 1. The van der Waals surface area contributed by atoms with Crippen LogP contribution in [0.5, 0.6) is 5.88 Å². The molecule has 36 heavy (non-hydrogen) atoms. The fraction of sp³-hybridized carbons (Fsp3) is 0.259. The molecular weight excluding hydrogens is 502 g/mol. The molecule has 2 aromatic heterocycles. The first-order chi connectivity index (χ1) is 17.2. The summed E-state index contributed by atoms with van der Waals surface area (Å²) in [5, 5.41) is 0.877. The second-order valence-corrected chi connectivity index (χ2v) is 9.63. The van der Waals surface area contributed by atoms with Crippen molar-refractivity contribution in [3.63, 3.8) is 0 Å². The lowest BCUT2D eigenvalue weighted by molar-refractivity contribution is 0.0727. The number of ether oxygens (including phenoxy) is 1. The Labute approximate surface area is 219 Å². The summed E-state index contributed by atoms with van der Waals surface area (Å²) in [5.74, 6) is -0.0642. The number of aromatic nitrogens is 2. The molecule has 0 N–H and O–H groups in total. The first kappa shape index (κ1) is 25.9. The van der Waals surface area contributed by atoms with Gasteiger partial charge in [0.05, 0.1) is 22.8 Å². The standard InChI is InChI=1S/C27H27Cl2FN4O2/c1-17-14-19(9-11-22(17)30)26-25(31-23-6-5-7-24(36-4)34(23)26)27(35)33(13-12-32(2)3)16-18-8-10-20(28)21(29)15-18/h5-11,14-15H,12-13,16H2,1-4H3. The Hall–Kier alpha value is -3.13. The molecule has 0 aliphatic heterocycles. The molecule has 2 aromatic carbocycles. The average molecular weight is 529 g/mol. The largest absolute Gasteiger partial charge is 0.482 e. The van der Waals surface area contributed by atoms with E-state index >= 15 is 0 Å². The lowest BCUT2D eigenvalue weighted by Gasteiger charge is -2.24. The number of benzene rings is 2. The van der Waals surface area contributed by atoms with E-state index in [1.54, 1.807) is 53.7 Å². The third kappa shape index (κ3) is 5.33. The first-order valence-corrected chi connectivity index (χ1v) is 12.1. The van der Waals surface area contributed by atoms with E-state index in [2.05, 4.69) is 0 Å². The highest BCUT2D eigenvalue weighted by atomic mass is 35.5. The number of rotatable bonds is 8. The Bertz CT molecular complexity index is 1420. The molecule has 0 unspecified atom stereocenters.